The van der Waals surface area contributed by atoms with Crippen molar-refractivity contribution in [2.45, 2.75) is 19.8 Å². The van der Waals surface area contributed by atoms with Crippen molar-refractivity contribution >= 4 is 40.2 Å². The van der Waals surface area contributed by atoms with E-state index in [1.54, 1.807) is 17.9 Å². The van der Waals surface area contributed by atoms with Crippen molar-refractivity contribution in [2.75, 3.05) is 10.2 Å². The van der Waals surface area contributed by atoms with E-state index in [1.165, 1.54) is 11.3 Å². The van der Waals surface area contributed by atoms with Crippen molar-refractivity contribution in [1.82, 2.24) is 0 Å². The van der Waals surface area contributed by atoms with Gasteiger partial charge in [0, 0.05) is 12.6 Å². The fourth-order valence-corrected chi connectivity index (χ4v) is 3.96. The van der Waals surface area contributed by atoms with Crippen molar-refractivity contribution in [1.29, 1.82) is 0 Å². The molecule has 2 aromatic carbocycles. The molecule has 2 heterocycles. The molecular weight excluding hydrogens is 344 g/mol. The number of thiophene rings is 1. The van der Waals surface area contributed by atoms with Crippen LogP contribution in [0.15, 0.2) is 60.0 Å². The maximum Gasteiger partial charge on any atom is 0.265 e. The van der Waals surface area contributed by atoms with Crippen LogP contribution in [0.3, 0.4) is 0 Å². The molecule has 1 aliphatic rings. The molecule has 1 N–H and O–H groups in total. The van der Waals surface area contributed by atoms with Crippen LogP contribution in [0.2, 0.25) is 0 Å². The number of rotatable bonds is 2. The number of nitrogens with zero attached hydrogens (tertiary/aromatic N) is 1. The summed E-state index contributed by atoms with van der Waals surface area (Å²) in [4.78, 5) is 27.2. The molecule has 130 valence electrons. The number of carbonyl (C=O) groups is 2. The number of hydrogen-bond donors (Lipinski definition) is 1. The summed E-state index contributed by atoms with van der Waals surface area (Å²) in [6.45, 7) is 1.57. The fraction of sp³-hybridized carbons (Fsp3) is 0.143. The Morgan fingerprint density at radius 1 is 0.962 bits per heavy atom. The summed E-state index contributed by atoms with van der Waals surface area (Å²) in [7, 11) is 0. The molecule has 2 amide bonds. The van der Waals surface area contributed by atoms with Gasteiger partial charge in [0.05, 0.1) is 16.3 Å². The number of amides is 2. The quantitative estimate of drug-likeness (QED) is 0.713. The van der Waals surface area contributed by atoms with E-state index in [1.807, 2.05) is 47.8 Å². The van der Waals surface area contributed by atoms with Gasteiger partial charge in [-0.2, -0.15) is 0 Å². The third-order valence-corrected chi connectivity index (χ3v) is 5.41. The maximum absolute atomic E-state index is 12.4. The number of fused-ring (bicyclic) bond motifs is 2. The lowest BCUT2D eigenvalue weighted by Gasteiger charge is -2.24. The minimum absolute atomic E-state index is 0.0395. The van der Waals surface area contributed by atoms with Gasteiger partial charge in [0.15, 0.2) is 0 Å². The average molecular weight is 362 g/mol. The number of nitrogens with one attached hydrogen (secondary N) is 1. The molecule has 0 atom stereocenters. The van der Waals surface area contributed by atoms with Crippen LogP contribution < -0.4 is 10.2 Å². The van der Waals surface area contributed by atoms with E-state index in [9.17, 15) is 9.59 Å². The molecule has 5 heteroatoms. The molecule has 3 aromatic rings. The van der Waals surface area contributed by atoms with Gasteiger partial charge in [-0.05, 0) is 53.6 Å². The average Bonchev–Trinajstić information content (AvgIpc) is 3.11. The van der Waals surface area contributed by atoms with Gasteiger partial charge < -0.3 is 5.32 Å². The normalized spacial score (nSPS) is 12.7. The number of para-hydroxylation sites is 1. The number of hydrogen-bond acceptors (Lipinski definition) is 3. The molecule has 0 fully saturated rings. The lowest BCUT2D eigenvalue weighted by Crippen LogP contribution is -2.24. The number of aryl methyl sites for hydroxylation is 2. The Morgan fingerprint density at radius 2 is 1.73 bits per heavy atom. The number of anilines is 3. The van der Waals surface area contributed by atoms with Gasteiger partial charge in [0.2, 0.25) is 5.91 Å². The first-order valence-corrected chi connectivity index (χ1v) is 9.38. The summed E-state index contributed by atoms with van der Waals surface area (Å²) < 4.78 is 0. The molecule has 1 aliphatic heterocycles. The van der Waals surface area contributed by atoms with Gasteiger partial charge in [-0.3, -0.25) is 14.5 Å². The third-order valence-electron chi connectivity index (χ3n) is 4.54. The second-order valence-corrected chi connectivity index (χ2v) is 7.21. The standard InChI is InChI=1S/C21H18N2O2S/c1-14(24)23-18-6-3-2-5-15(18)8-9-16-10-11-17(13-19(16)23)22-21(25)20-7-4-12-26-20/h2-7,10-13H,8-9H2,1H3,(H,22,25). The molecule has 0 saturated carbocycles. The molecule has 0 radical (unpaired) electrons. The first kappa shape index (κ1) is 16.5. The zero-order chi connectivity index (χ0) is 18.1. The lowest BCUT2D eigenvalue weighted by molar-refractivity contribution is -0.115. The molecule has 0 aliphatic carbocycles. The van der Waals surface area contributed by atoms with E-state index < -0.39 is 0 Å². The van der Waals surface area contributed by atoms with Gasteiger partial charge in [0.1, 0.15) is 0 Å². The predicted molar refractivity (Wildman–Crippen MR) is 105 cm³/mol. The second kappa shape index (κ2) is 6.77. The Labute approximate surface area is 156 Å². The predicted octanol–water partition coefficient (Wildman–Crippen LogP) is 4.78. The zero-order valence-electron chi connectivity index (χ0n) is 14.4. The molecule has 26 heavy (non-hydrogen) atoms. The van der Waals surface area contributed by atoms with Crippen molar-refractivity contribution in [3.63, 3.8) is 0 Å². The van der Waals surface area contributed by atoms with Crippen LogP contribution in [0.5, 0.6) is 0 Å². The van der Waals surface area contributed by atoms with Gasteiger partial charge in [-0.1, -0.05) is 30.3 Å². The summed E-state index contributed by atoms with van der Waals surface area (Å²) >= 11 is 1.40. The van der Waals surface area contributed by atoms with Crippen LogP contribution in [0.4, 0.5) is 17.1 Å². The van der Waals surface area contributed by atoms with Crippen molar-refractivity contribution in [3.8, 4) is 0 Å². The Hall–Kier alpha value is -2.92. The molecule has 4 rings (SSSR count). The van der Waals surface area contributed by atoms with E-state index in [-0.39, 0.29) is 11.8 Å². The van der Waals surface area contributed by atoms with E-state index in [0.717, 1.165) is 35.3 Å². The summed E-state index contributed by atoms with van der Waals surface area (Å²) in [5, 5.41) is 4.81. The molecule has 0 saturated heterocycles. The zero-order valence-corrected chi connectivity index (χ0v) is 15.2. The summed E-state index contributed by atoms with van der Waals surface area (Å²) in [6.07, 6.45) is 1.74. The molecule has 4 nitrogen and oxygen atoms in total. The van der Waals surface area contributed by atoms with Crippen LogP contribution >= 0.6 is 11.3 Å². The largest absolute Gasteiger partial charge is 0.321 e. The van der Waals surface area contributed by atoms with Crippen LogP contribution in [0.1, 0.15) is 27.7 Å². The highest BCUT2D eigenvalue weighted by atomic mass is 32.1. The Balaban J connectivity index is 1.74. The van der Waals surface area contributed by atoms with E-state index in [4.69, 9.17) is 0 Å². The van der Waals surface area contributed by atoms with Crippen molar-refractivity contribution in [2.24, 2.45) is 0 Å². The van der Waals surface area contributed by atoms with Crippen molar-refractivity contribution < 1.29 is 9.59 Å². The highest BCUT2D eigenvalue weighted by Gasteiger charge is 2.24. The minimum Gasteiger partial charge on any atom is -0.321 e. The topological polar surface area (TPSA) is 49.4 Å². The third kappa shape index (κ3) is 3.02. The van der Waals surface area contributed by atoms with Gasteiger partial charge in [0.25, 0.3) is 5.91 Å². The van der Waals surface area contributed by atoms with Crippen LogP contribution in [-0.4, -0.2) is 11.8 Å². The van der Waals surface area contributed by atoms with E-state index in [0.29, 0.717) is 10.6 Å². The van der Waals surface area contributed by atoms with Crippen LogP contribution in [0.25, 0.3) is 0 Å². The first-order chi connectivity index (χ1) is 12.6. The summed E-state index contributed by atoms with van der Waals surface area (Å²) in [5.74, 6) is -0.175. The highest BCUT2D eigenvalue weighted by molar-refractivity contribution is 7.12. The number of carbonyl (C=O) groups excluding carboxylic acids is 2. The van der Waals surface area contributed by atoms with E-state index in [2.05, 4.69) is 11.4 Å². The monoisotopic (exact) mass is 362 g/mol. The molecule has 0 bridgehead atoms. The highest BCUT2D eigenvalue weighted by Crippen LogP contribution is 2.37. The van der Waals surface area contributed by atoms with Crippen molar-refractivity contribution in [3.05, 3.63) is 76.0 Å². The molecular formula is C21H18N2O2S. The van der Waals surface area contributed by atoms with Crippen LogP contribution in [0, 0.1) is 0 Å². The second-order valence-electron chi connectivity index (χ2n) is 6.26. The maximum atomic E-state index is 12.4. The SMILES string of the molecule is CC(=O)N1c2ccccc2CCc2ccc(NC(=O)c3cccs3)cc21. The fourth-order valence-electron chi connectivity index (χ4n) is 3.34. The Kier molecular flexibility index (Phi) is 4.31. The van der Waals surface area contributed by atoms with E-state index >= 15 is 0 Å². The number of benzene rings is 2. The van der Waals surface area contributed by atoms with Gasteiger partial charge in [-0.25, -0.2) is 0 Å². The van der Waals surface area contributed by atoms with Crippen LogP contribution in [-0.2, 0) is 17.6 Å². The molecule has 0 unspecified atom stereocenters. The van der Waals surface area contributed by atoms with Gasteiger partial charge >= 0.3 is 0 Å². The smallest absolute Gasteiger partial charge is 0.265 e. The van der Waals surface area contributed by atoms with Gasteiger partial charge in [-0.15, -0.1) is 11.3 Å². The molecule has 0 spiro atoms. The lowest BCUT2D eigenvalue weighted by atomic mass is 10.0. The Morgan fingerprint density at radius 3 is 2.46 bits per heavy atom. The summed E-state index contributed by atoms with van der Waals surface area (Å²) in [5.41, 5.74) is 4.70. The molecule has 1 aromatic heterocycles. The summed E-state index contributed by atoms with van der Waals surface area (Å²) in [6, 6.07) is 17.4. The minimum atomic E-state index is -0.136. The Bertz CT molecular complexity index is 979. The first-order valence-electron chi connectivity index (χ1n) is 8.50.